The predicted octanol–water partition coefficient (Wildman–Crippen LogP) is 4.71. The Bertz CT molecular complexity index is 1330. The first-order chi connectivity index (χ1) is 16.5. The van der Waals surface area contributed by atoms with E-state index in [1.165, 1.54) is 61.7 Å². The van der Waals surface area contributed by atoms with Gasteiger partial charge in [0, 0.05) is 5.02 Å². The van der Waals surface area contributed by atoms with Gasteiger partial charge in [0.2, 0.25) is 0 Å². The van der Waals surface area contributed by atoms with E-state index in [4.69, 9.17) is 16.3 Å². The molecule has 1 amide bonds. The summed E-state index contributed by atoms with van der Waals surface area (Å²) in [5.74, 6) is -0.705. The molecule has 3 rings (SSSR count). The van der Waals surface area contributed by atoms with Gasteiger partial charge in [0.25, 0.3) is 15.9 Å². The van der Waals surface area contributed by atoms with Gasteiger partial charge in [-0.25, -0.2) is 13.8 Å². The summed E-state index contributed by atoms with van der Waals surface area (Å²) in [6.07, 6.45) is -3.52. The minimum absolute atomic E-state index is 0.0147. The van der Waals surface area contributed by atoms with Crippen molar-refractivity contribution in [2.45, 2.75) is 11.1 Å². The van der Waals surface area contributed by atoms with E-state index in [1.807, 2.05) is 0 Å². The van der Waals surface area contributed by atoms with Gasteiger partial charge in [-0.1, -0.05) is 41.9 Å². The number of hydrogen-bond acceptors (Lipinski definition) is 5. The number of alkyl halides is 3. The zero-order valence-corrected chi connectivity index (χ0v) is 19.7. The monoisotopic (exact) mass is 525 g/mol. The minimum Gasteiger partial charge on any atom is -0.495 e. The van der Waals surface area contributed by atoms with E-state index >= 15 is 0 Å². The number of nitrogens with one attached hydrogen (secondary N) is 1. The molecule has 3 aromatic carbocycles. The summed E-state index contributed by atoms with van der Waals surface area (Å²) >= 11 is 6.07. The molecule has 0 heterocycles. The third-order valence-corrected chi connectivity index (χ3v) is 6.65. The number of amides is 1. The lowest BCUT2D eigenvalue weighted by atomic mass is 10.1. The van der Waals surface area contributed by atoms with Crippen molar-refractivity contribution in [2.75, 3.05) is 18.0 Å². The lowest BCUT2D eigenvalue weighted by Crippen LogP contribution is -2.39. The van der Waals surface area contributed by atoms with E-state index in [2.05, 4.69) is 10.5 Å². The Morgan fingerprint density at radius 2 is 1.80 bits per heavy atom. The second-order valence-electron chi connectivity index (χ2n) is 7.06. The van der Waals surface area contributed by atoms with Crippen LogP contribution in [0.3, 0.4) is 0 Å². The number of carbonyl (C=O) groups is 1. The van der Waals surface area contributed by atoms with E-state index in [-0.39, 0.29) is 26.9 Å². The summed E-state index contributed by atoms with van der Waals surface area (Å²) in [7, 11) is -2.91. The maximum Gasteiger partial charge on any atom is 0.416 e. The molecule has 0 fully saturated rings. The number of hydrogen-bond donors (Lipinski definition) is 1. The maximum absolute atomic E-state index is 13.4. The number of carbonyl (C=O) groups excluding carboxylic acids is 1. The molecule has 0 atom stereocenters. The Morgan fingerprint density at radius 3 is 2.46 bits per heavy atom. The van der Waals surface area contributed by atoms with Crippen LogP contribution in [0.1, 0.15) is 11.1 Å². The van der Waals surface area contributed by atoms with Crippen molar-refractivity contribution in [3.8, 4) is 5.75 Å². The number of methoxy groups -OCH3 is 1. The molecule has 0 aliphatic rings. The summed E-state index contributed by atoms with van der Waals surface area (Å²) in [6, 6.07) is 16.0. The van der Waals surface area contributed by atoms with Gasteiger partial charge in [-0.3, -0.25) is 9.10 Å². The number of rotatable bonds is 8. The van der Waals surface area contributed by atoms with Gasteiger partial charge in [0.15, 0.2) is 0 Å². The normalized spacial score (nSPS) is 11.9. The smallest absolute Gasteiger partial charge is 0.416 e. The Hall–Kier alpha value is -3.57. The fourth-order valence-electron chi connectivity index (χ4n) is 3.02. The first-order valence-corrected chi connectivity index (χ1v) is 11.7. The van der Waals surface area contributed by atoms with Crippen molar-refractivity contribution >= 4 is 39.4 Å². The van der Waals surface area contributed by atoms with Gasteiger partial charge in [-0.05, 0) is 48.0 Å². The first kappa shape index (κ1) is 26.0. The van der Waals surface area contributed by atoms with Gasteiger partial charge in [0.05, 0.1) is 29.5 Å². The van der Waals surface area contributed by atoms with Gasteiger partial charge >= 0.3 is 6.18 Å². The molecule has 0 unspecified atom stereocenters. The minimum atomic E-state index is -4.53. The van der Waals surface area contributed by atoms with Crippen LogP contribution in [0.4, 0.5) is 18.9 Å². The molecule has 184 valence electrons. The quantitative estimate of drug-likeness (QED) is 0.341. The summed E-state index contributed by atoms with van der Waals surface area (Å²) in [6.45, 7) is -0.714. The molecular weight excluding hydrogens is 507 g/mol. The largest absolute Gasteiger partial charge is 0.495 e. The molecule has 3 aromatic rings. The molecule has 0 spiro atoms. The van der Waals surface area contributed by atoms with Crippen molar-refractivity contribution in [2.24, 2.45) is 5.10 Å². The molecule has 0 aliphatic carbocycles. The van der Waals surface area contributed by atoms with Gasteiger partial charge in [0.1, 0.15) is 12.3 Å². The highest BCUT2D eigenvalue weighted by Crippen LogP contribution is 2.34. The Kier molecular flexibility index (Phi) is 8.03. The van der Waals surface area contributed by atoms with E-state index in [9.17, 15) is 26.4 Å². The van der Waals surface area contributed by atoms with Crippen molar-refractivity contribution in [3.63, 3.8) is 0 Å². The number of sulfonamides is 1. The Labute approximate surface area is 204 Å². The molecule has 0 radical (unpaired) electrons. The van der Waals surface area contributed by atoms with Gasteiger partial charge in [-0.15, -0.1) is 0 Å². The van der Waals surface area contributed by atoms with Crippen molar-refractivity contribution in [3.05, 3.63) is 88.9 Å². The molecule has 0 bridgehead atoms. The number of halogens is 4. The van der Waals surface area contributed by atoms with Crippen LogP contribution >= 0.6 is 11.6 Å². The van der Waals surface area contributed by atoms with Crippen LogP contribution in [0, 0.1) is 0 Å². The standard InChI is InChI=1S/C23H19ClF3N3O4S/c1-34-21-11-10-18(24)13-20(21)30(35(32,33)19-8-3-2-4-9-19)15-22(31)29-28-14-16-6-5-7-17(12-16)23(25,26)27/h2-14H,15H2,1H3,(H,29,31)/b28-14-. The van der Waals surface area contributed by atoms with Crippen LogP contribution in [-0.2, 0) is 21.0 Å². The Balaban J connectivity index is 1.88. The first-order valence-electron chi connectivity index (χ1n) is 9.93. The average Bonchev–Trinajstić information content (AvgIpc) is 2.82. The summed E-state index contributed by atoms with van der Waals surface area (Å²) in [5, 5.41) is 3.86. The highest BCUT2D eigenvalue weighted by atomic mass is 35.5. The number of nitrogens with zero attached hydrogens (tertiary/aromatic N) is 2. The topological polar surface area (TPSA) is 88.1 Å². The van der Waals surface area contributed by atoms with Crippen LogP contribution in [0.5, 0.6) is 5.75 Å². The lowest BCUT2D eigenvalue weighted by Gasteiger charge is -2.25. The molecule has 7 nitrogen and oxygen atoms in total. The van der Waals surface area contributed by atoms with E-state index in [0.29, 0.717) is 0 Å². The van der Waals surface area contributed by atoms with E-state index in [0.717, 1.165) is 22.7 Å². The van der Waals surface area contributed by atoms with Gasteiger partial charge < -0.3 is 4.74 Å². The molecule has 0 aromatic heterocycles. The molecule has 35 heavy (non-hydrogen) atoms. The summed E-state index contributed by atoms with van der Waals surface area (Å²) in [4.78, 5) is 12.5. The molecule has 12 heteroatoms. The fourth-order valence-corrected chi connectivity index (χ4v) is 4.63. The molecular formula is C23H19ClF3N3O4S. The number of hydrazone groups is 1. The zero-order chi connectivity index (χ0) is 25.6. The Morgan fingerprint density at radius 1 is 1.09 bits per heavy atom. The SMILES string of the molecule is COc1ccc(Cl)cc1N(CC(=O)N/N=C\c1cccc(C(F)(F)F)c1)S(=O)(=O)c1ccccc1. The summed E-state index contributed by atoms with van der Waals surface area (Å²) in [5.41, 5.74) is 1.36. The van der Waals surface area contributed by atoms with Gasteiger partial charge in [-0.2, -0.15) is 18.3 Å². The van der Waals surface area contributed by atoms with Crippen LogP contribution in [0.25, 0.3) is 0 Å². The fraction of sp³-hybridized carbons (Fsp3) is 0.130. The highest BCUT2D eigenvalue weighted by molar-refractivity contribution is 7.92. The molecule has 0 aliphatic heterocycles. The van der Waals surface area contributed by atoms with Crippen molar-refractivity contribution < 1.29 is 31.1 Å². The van der Waals surface area contributed by atoms with E-state index < -0.39 is 34.2 Å². The number of anilines is 1. The van der Waals surface area contributed by atoms with Crippen LogP contribution in [-0.4, -0.2) is 34.2 Å². The second kappa shape index (κ2) is 10.8. The third kappa shape index (κ3) is 6.52. The van der Waals surface area contributed by atoms with Crippen LogP contribution in [0.2, 0.25) is 5.02 Å². The average molecular weight is 526 g/mol. The number of benzene rings is 3. The van der Waals surface area contributed by atoms with Crippen LogP contribution < -0.4 is 14.5 Å². The second-order valence-corrected chi connectivity index (χ2v) is 9.36. The predicted molar refractivity (Wildman–Crippen MR) is 126 cm³/mol. The lowest BCUT2D eigenvalue weighted by molar-refractivity contribution is -0.137. The zero-order valence-electron chi connectivity index (χ0n) is 18.2. The van der Waals surface area contributed by atoms with E-state index in [1.54, 1.807) is 6.07 Å². The maximum atomic E-state index is 13.4. The van der Waals surface area contributed by atoms with Crippen molar-refractivity contribution in [1.82, 2.24) is 5.43 Å². The van der Waals surface area contributed by atoms with Crippen LogP contribution in [0.15, 0.2) is 82.8 Å². The summed E-state index contributed by atoms with van der Waals surface area (Å²) < 4.78 is 71.4. The molecule has 1 N–H and O–H groups in total. The van der Waals surface area contributed by atoms with Crippen molar-refractivity contribution in [1.29, 1.82) is 0 Å². The third-order valence-electron chi connectivity index (χ3n) is 4.64. The highest BCUT2D eigenvalue weighted by Gasteiger charge is 2.31. The number of ether oxygens (including phenoxy) is 1. The molecule has 0 saturated carbocycles. The molecule has 0 saturated heterocycles.